The fraction of sp³-hybridized carbons (Fsp3) is 0.538. The predicted octanol–water partition coefficient (Wildman–Crippen LogP) is 2.78. The molecule has 1 aromatic rings. The van der Waals surface area contributed by atoms with Crippen LogP contribution in [0.2, 0.25) is 5.02 Å². The van der Waals surface area contributed by atoms with Crippen LogP contribution in [-0.2, 0) is 11.2 Å². The van der Waals surface area contributed by atoms with Crippen molar-refractivity contribution < 1.29 is 9.13 Å². The van der Waals surface area contributed by atoms with E-state index < -0.39 is 0 Å². The van der Waals surface area contributed by atoms with Crippen LogP contribution in [0.1, 0.15) is 18.4 Å². The molecule has 1 heterocycles. The molecule has 1 unspecified atom stereocenters. The Balaban J connectivity index is 2.20. The Labute approximate surface area is 106 Å². The summed E-state index contributed by atoms with van der Waals surface area (Å²) < 4.78 is 19.3. The van der Waals surface area contributed by atoms with Crippen LogP contribution < -0.4 is 5.73 Å². The molecule has 94 valence electrons. The minimum absolute atomic E-state index is 0.135. The number of halogens is 2. The maximum atomic E-state index is 13.8. The average Bonchev–Trinajstić information content (AvgIpc) is 2.36. The van der Waals surface area contributed by atoms with E-state index in [1.165, 1.54) is 0 Å². The van der Waals surface area contributed by atoms with Crippen LogP contribution in [0, 0.1) is 11.2 Å². The SMILES string of the molecule is NCC1(Cc2cccc(Cl)c2F)CCCOC1. The molecule has 1 aliphatic heterocycles. The van der Waals surface area contributed by atoms with Crippen molar-refractivity contribution in [3.05, 3.63) is 34.6 Å². The van der Waals surface area contributed by atoms with Crippen molar-refractivity contribution >= 4 is 11.6 Å². The van der Waals surface area contributed by atoms with Gasteiger partial charge in [0.2, 0.25) is 0 Å². The normalized spacial score (nSPS) is 24.9. The molecule has 1 aliphatic rings. The first-order valence-electron chi connectivity index (χ1n) is 5.88. The van der Waals surface area contributed by atoms with Crippen LogP contribution >= 0.6 is 11.6 Å². The van der Waals surface area contributed by atoms with Gasteiger partial charge in [-0.1, -0.05) is 23.7 Å². The Morgan fingerprint density at radius 2 is 2.29 bits per heavy atom. The first-order chi connectivity index (χ1) is 8.17. The Morgan fingerprint density at radius 1 is 1.47 bits per heavy atom. The molecular weight excluding hydrogens is 241 g/mol. The standard InChI is InChI=1S/C13H17ClFNO/c14-11-4-1-3-10(12(11)15)7-13(8-16)5-2-6-17-9-13/h1,3-4H,2,5-9,16H2. The lowest BCUT2D eigenvalue weighted by Gasteiger charge is -2.36. The molecule has 1 fully saturated rings. The highest BCUT2D eigenvalue weighted by Gasteiger charge is 2.32. The maximum Gasteiger partial charge on any atom is 0.144 e. The number of hydrogen-bond acceptors (Lipinski definition) is 2. The van der Waals surface area contributed by atoms with Gasteiger partial charge in [0, 0.05) is 18.6 Å². The molecule has 2 rings (SSSR count). The van der Waals surface area contributed by atoms with Gasteiger partial charge in [-0.25, -0.2) is 4.39 Å². The lowest BCUT2D eigenvalue weighted by molar-refractivity contribution is -0.00301. The molecule has 2 nitrogen and oxygen atoms in total. The maximum absolute atomic E-state index is 13.8. The van der Waals surface area contributed by atoms with Crippen molar-refractivity contribution in [2.75, 3.05) is 19.8 Å². The van der Waals surface area contributed by atoms with E-state index in [4.69, 9.17) is 22.1 Å². The van der Waals surface area contributed by atoms with Gasteiger partial charge in [0.25, 0.3) is 0 Å². The van der Waals surface area contributed by atoms with Crippen LogP contribution in [0.5, 0.6) is 0 Å². The number of ether oxygens (including phenoxy) is 1. The predicted molar refractivity (Wildman–Crippen MR) is 66.7 cm³/mol. The summed E-state index contributed by atoms with van der Waals surface area (Å²) in [6.07, 6.45) is 2.56. The minimum atomic E-state index is -0.326. The van der Waals surface area contributed by atoms with E-state index in [0.29, 0.717) is 25.1 Å². The van der Waals surface area contributed by atoms with Crippen molar-refractivity contribution in [3.63, 3.8) is 0 Å². The third-order valence-electron chi connectivity index (χ3n) is 3.43. The zero-order chi connectivity index (χ0) is 12.3. The molecule has 0 amide bonds. The first kappa shape index (κ1) is 12.8. The molecule has 0 bridgehead atoms. The summed E-state index contributed by atoms with van der Waals surface area (Å²) in [5, 5.41) is 0.173. The molecule has 0 aliphatic carbocycles. The Bertz CT molecular complexity index is 391. The molecule has 0 aromatic heterocycles. The summed E-state index contributed by atoms with van der Waals surface area (Å²) in [6.45, 7) is 1.90. The highest BCUT2D eigenvalue weighted by Crippen LogP contribution is 2.33. The number of benzene rings is 1. The molecule has 0 radical (unpaired) electrons. The molecule has 1 aromatic carbocycles. The van der Waals surface area contributed by atoms with Gasteiger partial charge in [-0.3, -0.25) is 0 Å². The van der Waals surface area contributed by atoms with Gasteiger partial charge in [-0.2, -0.15) is 0 Å². The number of hydrogen-bond donors (Lipinski definition) is 1. The second-order valence-electron chi connectivity index (χ2n) is 4.75. The van der Waals surface area contributed by atoms with Crippen LogP contribution in [-0.4, -0.2) is 19.8 Å². The van der Waals surface area contributed by atoms with E-state index >= 15 is 0 Å². The summed E-state index contributed by atoms with van der Waals surface area (Å²) in [7, 11) is 0. The highest BCUT2D eigenvalue weighted by molar-refractivity contribution is 6.30. The topological polar surface area (TPSA) is 35.2 Å². The van der Waals surface area contributed by atoms with Crippen molar-refractivity contribution in [1.82, 2.24) is 0 Å². The van der Waals surface area contributed by atoms with E-state index in [0.717, 1.165) is 19.4 Å². The fourth-order valence-electron chi connectivity index (χ4n) is 2.37. The Kier molecular flexibility index (Phi) is 4.02. The zero-order valence-corrected chi connectivity index (χ0v) is 10.5. The van der Waals surface area contributed by atoms with Crippen molar-refractivity contribution in [2.45, 2.75) is 19.3 Å². The summed E-state index contributed by atoms with van der Waals surface area (Å²) in [4.78, 5) is 0. The fourth-order valence-corrected chi connectivity index (χ4v) is 2.57. The monoisotopic (exact) mass is 257 g/mol. The summed E-state index contributed by atoms with van der Waals surface area (Å²) in [5.41, 5.74) is 6.34. The van der Waals surface area contributed by atoms with Crippen molar-refractivity contribution in [2.24, 2.45) is 11.1 Å². The van der Waals surface area contributed by atoms with Gasteiger partial charge in [0.15, 0.2) is 0 Å². The largest absolute Gasteiger partial charge is 0.381 e. The molecule has 1 saturated heterocycles. The van der Waals surface area contributed by atoms with E-state index in [9.17, 15) is 4.39 Å². The van der Waals surface area contributed by atoms with E-state index in [1.807, 2.05) is 0 Å². The zero-order valence-electron chi connectivity index (χ0n) is 9.72. The van der Waals surface area contributed by atoms with Crippen LogP contribution in [0.3, 0.4) is 0 Å². The van der Waals surface area contributed by atoms with Gasteiger partial charge < -0.3 is 10.5 Å². The van der Waals surface area contributed by atoms with Gasteiger partial charge in [0.1, 0.15) is 5.82 Å². The number of nitrogens with two attached hydrogens (primary N) is 1. The van der Waals surface area contributed by atoms with Crippen molar-refractivity contribution in [1.29, 1.82) is 0 Å². The molecule has 0 spiro atoms. The third kappa shape index (κ3) is 2.79. The first-order valence-corrected chi connectivity index (χ1v) is 6.25. The van der Waals surface area contributed by atoms with E-state index in [-0.39, 0.29) is 16.3 Å². The third-order valence-corrected chi connectivity index (χ3v) is 3.73. The smallest absolute Gasteiger partial charge is 0.144 e. The lowest BCUT2D eigenvalue weighted by atomic mass is 9.77. The summed E-state index contributed by atoms with van der Waals surface area (Å²) >= 11 is 5.78. The van der Waals surface area contributed by atoms with Gasteiger partial charge in [-0.05, 0) is 30.9 Å². The van der Waals surface area contributed by atoms with Gasteiger partial charge in [-0.15, -0.1) is 0 Å². The van der Waals surface area contributed by atoms with Crippen LogP contribution in [0.15, 0.2) is 18.2 Å². The molecular formula is C13H17ClFNO. The van der Waals surface area contributed by atoms with Gasteiger partial charge in [0.05, 0.1) is 11.6 Å². The van der Waals surface area contributed by atoms with Crippen molar-refractivity contribution in [3.8, 4) is 0 Å². The Hall–Kier alpha value is -0.640. The highest BCUT2D eigenvalue weighted by atomic mass is 35.5. The minimum Gasteiger partial charge on any atom is -0.381 e. The van der Waals surface area contributed by atoms with E-state index in [1.54, 1.807) is 18.2 Å². The molecule has 1 atom stereocenters. The van der Waals surface area contributed by atoms with E-state index in [2.05, 4.69) is 0 Å². The van der Waals surface area contributed by atoms with Crippen LogP contribution in [0.4, 0.5) is 4.39 Å². The molecule has 2 N–H and O–H groups in total. The molecule has 17 heavy (non-hydrogen) atoms. The average molecular weight is 258 g/mol. The quantitative estimate of drug-likeness (QED) is 0.904. The van der Waals surface area contributed by atoms with Gasteiger partial charge >= 0.3 is 0 Å². The van der Waals surface area contributed by atoms with Crippen LogP contribution in [0.25, 0.3) is 0 Å². The molecule has 0 saturated carbocycles. The second-order valence-corrected chi connectivity index (χ2v) is 5.16. The summed E-state index contributed by atoms with van der Waals surface area (Å²) in [5.74, 6) is -0.326. The number of rotatable bonds is 3. The molecule has 4 heteroatoms. The Morgan fingerprint density at radius 3 is 2.94 bits per heavy atom. The second kappa shape index (κ2) is 5.34. The lowest BCUT2D eigenvalue weighted by Crippen LogP contribution is -2.40. The summed E-state index contributed by atoms with van der Waals surface area (Å²) in [6, 6.07) is 5.11.